The topological polar surface area (TPSA) is 51.5 Å². The van der Waals surface area contributed by atoms with Gasteiger partial charge >= 0.3 is 6.36 Å². The minimum absolute atomic E-state index is 0.118. The lowest BCUT2D eigenvalue weighted by Crippen LogP contribution is -2.49. The smallest absolute Gasteiger partial charge is 0.406 e. The standard InChI is InChI=1S/C21H21F3N2O3S/c1-30-12-19(27)25-9-13-8-15(11-25)18-7-6-17(20(28)26(18)10-13)14-2-4-16(5-3-14)29-21(22,23)24/h2-7,13,15H,8-12H2,1H3/t13-,15+/m0/s1. The first kappa shape index (κ1) is 20.8. The quantitative estimate of drug-likeness (QED) is 0.730. The number of thioether (sulfide) groups is 1. The van der Waals surface area contributed by atoms with Crippen molar-refractivity contribution in [3.63, 3.8) is 0 Å². The van der Waals surface area contributed by atoms with Crippen molar-refractivity contribution in [2.75, 3.05) is 25.1 Å². The van der Waals surface area contributed by atoms with E-state index in [0.29, 0.717) is 36.5 Å². The summed E-state index contributed by atoms with van der Waals surface area (Å²) in [6.07, 6.45) is -1.90. The molecule has 3 heterocycles. The molecule has 30 heavy (non-hydrogen) atoms. The van der Waals surface area contributed by atoms with E-state index in [0.717, 1.165) is 12.1 Å². The lowest BCUT2D eigenvalue weighted by Gasteiger charge is -2.43. The number of halogens is 3. The van der Waals surface area contributed by atoms with E-state index < -0.39 is 6.36 Å². The van der Waals surface area contributed by atoms with Gasteiger partial charge in [-0.15, -0.1) is 13.2 Å². The van der Waals surface area contributed by atoms with Crippen LogP contribution in [0.25, 0.3) is 11.1 Å². The molecule has 2 atom stereocenters. The van der Waals surface area contributed by atoms with Crippen LogP contribution in [-0.4, -0.2) is 46.8 Å². The Balaban J connectivity index is 1.60. The molecule has 9 heteroatoms. The summed E-state index contributed by atoms with van der Waals surface area (Å²) in [5, 5.41) is 0. The van der Waals surface area contributed by atoms with Gasteiger partial charge in [-0.05, 0) is 48.4 Å². The number of hydrogen-bond donors (Lipinski definition) is 0. The lowest BCUT2D eigenvalue weighted by atomic mass is 9.82. The van der Waals surface area contributed by atoms with Crippen LogP contribution in [0.15, 0.2) is 41.2 Å². The number of likely N-dealkylation sites (tertiary alicyclic amines) is 1. The molecule has 0 N–H and O–H groups in total. The summed E-state index contributed by atoms with van der Waals surface area (Å²) in [6.45, 7) is 1.80. The molecule has 2 aliphatic rings. The molecule has 1 amide bonds. The third-order valence-electron chi connectivity index (χ3n) is 5.62. The van der Waals surface area contributed by atoms with E-state index in [4.69, 9.17) is 0 Å². The number of carbonyl (C=O) groups is 1. The fraction of sp³-hybridized carbons (Fsp3) is 0.429. The molecular weight excluding hydrogens is 417 g/mol. The minimum Gasteiger partial charge on any atom is -0.406 e. The highest BCUT2D eigenvalue weighted by molar-refractivity contribution is 7.99. The van der Waals surface area contributed by atoms with Crippen molar-refractivity contribution in [2.45, 2.75) is 25.2 Å². The fourth-order valence-corrected chi connectivity index (χ4v) is 4.85. The maximum Gasteiger partial charge on any atom is 0.573 e. The van der Waals surface area contributed by atoms with Crippen LogP contribution in [0.3, 0.4) is 0 Å². The normalized spacial score (nSPS) is 20.6. The number of piperidine rings is 1. The molecule has 0 unspecified atom stereocenters. The van der Waals surface area contributed by atoms with Crippen LogP contribution in [0.1, 0.15) is 18.0 Å². The van der Waals surface area contributed by atoms with Crippen molar-refractivity contribution in [1.29, 1.82) is 0 Å². The van der Waals surface area contributed by atoms with Gasteiger partial charge in [0.25, 0.3) is 5.56 Å². The van der Waals surface area contributed by atoms with Crippen LogP contribution in [0.5, 0.6) is 5.75 Å². The van der Waals surface area contributed by atoms with Gasteiger partial charge in [0.05, 0.1) is 5.75 Å². The van der Waals surface area contributed by atoms with E-state index in [1.165, 1.54) is 36.0 Å². The van der Waals surface area contributed by atoms with E-state index in [2.05, 4.69) is 4.74 Å². The summed E-state index contributed by atoms with van der Waals surface area (Å²) in [5.41, 5.74) is 1.74. The molecule has 1 fully saturated rings. The predicted molar refractivity (Wildman–Crippen MR) is 109 cm³/mol. The van der Waals surface area contributed by atoms with Crippen LogP contribution in [-0.2, 0) is 11.3 Å². The molecule has 2 bridgehead atoms. The summed E-state index contributed by atoms with van der Waals surface area (Å²) in [4.78, 5) is 27.4. The van der Waals surface area contributed by atoms with E-state index >= 15 is 0 Å². The SMILES string of the molecule is CSCC(=O)N1C[C@@H]2C[C@H](C1)c1ccc(-c3ccc(OC(F)(F)F)cc3)c(=O)n1C2. The van der Waals surface area contributed by atoms with Crippen LogP contribution in [0, 0.1) is 5.92 Å². The Morgan fingerprint density at radius 2 is 1.87 bits per heavy atom. The molecule has 4 rings (SSSR count). The van der Waals surface area contributed by atoms with E-state index in [9.17, 15) is 22.8 Å². The number of carbonyl (C=O) groups excluding carboxylic acids is 1. The summed E-state index contributed by atoms with van der Waals surface area (Å²) < 4.78 is 42.7. The zero-order chi connectivity index (χ0) is 21.5. The highest BCUT2D eigenvalue weighted by Gasteiger charge is 2.36. The van der Waals surface area contributed by atoms with E-state index in [1.54, 1.807) is 10.6 Å². The van der Waals surface area contributed by atoms with Gasteiger partial charge in [0.2, 0.25) is 5.91 Å². The molecule has 1 aromatic carbocycles. The number of aromatic nitrogens is 1. The number of benzene rings is 1. The Labute approximate surface area is 175 Å². The average Bonchev–Trinajstić information content (AvgIpc) is 2.68. The molecule has 0 saturated carbocycles. The van der Waals surface area contributed by atoms with Crippen molar-refractivity contribution < 1.29 is 22.7 Å². The molecule has 0 radical (unpaired) electrons. The Morgan fingerprint density at radius 1 is 1.13 bits per heavy atom. The first-order valence-electron chi connectivity index (χ1n) is 9.62. The molecule has 1 aromatic heterocycles. The Morgan fingerprint density at radius 3 is 2.53 bits per heavy atom. The van der Waals surface area contributed by atoms with Crippen molar-refractivity contribution in [2.24, 2.45) is 5.92 Å². The van der Waals surface area contributed by atoms with Gasteiger partial charge in [0, 0.05) is 36.8 Å². The van der Waals surface area contributed by atoms with Gasteiger partial charge in [-0.25, -0.2) is 0 Å². The highest BCUT2D eigenvalue weighted by atomic mass is 32.2. The van der Waals surface area contributed by atoms with Crippen molar-refractivity contribution >= 4 is 17.7 Å². The van der Waals surface area contributed by atoms with Gasteiger partial charge in [-0.1, -0.05) is 12.1 Å². The number of hydrogen-bond acceptors (Lipinski definition) is 4. The molecule has 160 valence electrons. The van der Waals surface area contributed by atoms with Crippen LogP contribution in [0.4, 0.5) is 13.2 Å². The number of nitrogens with zero attached hydrogens (tertiary/aromatic N) is 2. The van der Waals surface area contributed by atoms with Crippen molar-refractivity contribution in [3.8, 4) is 16.9 Å². The third-order valence-corrected chi connectivity index (χ3v) is 6.16. The minimum atomic E-state index is -4.75. The maximum absolute atomic E-state index is 13.1. The van der Waals surface area contributed by atoms with E-state index in [1.807, 2.05) is 17.2 Å². The lowest BCUT2D eigenvalue weighted by molar-refractivity contribution is -0.274. The molecule has 1 saturated heterocycles. The average molecular weight is 438 g/mol. The fourth-order valence-electron chi connectivity index (χ4n) is 4.42. The summed E-state index contributed by atoms with van der Waals surface area (Å²) in [7, 11) is 0. The van der Waals surface area contributed by atoms with Crippen molar-refractivity contribution in [1.82, 2.24) is 9.47 Å². The largest absolute Gasteiger partial charge is 0.573 e. The number of pyridine rings is 1. The monoisotopic (exact) mass is 438 g/mol. The van der Waals surface area contributed by atoms with Gasteiger partial charge < -0.3 is 14.2 Å². The van der Waals surface area contributed by atoms with Gasteiger partial charge in [-0.2, -0.15) is 11.8 Å². The predicted octanol–water partition coefficient (Wildman–Crippen LogP) is 3.72. The summed E-state index contributed by atoms with van der Waals surface area (Å²) >= 11 is 1.51. The third kappa shape index (κ3) is 4.21. The Hall–Kier alpha value is -2.42. The molecule has 0 spiro atoms. The second-order valence-electron chi connectivity index (χ2n) is 7.69. The number of alkyl halides is 3. The molecule has 5 nitrogen and oxygen atoms in total. The molecule has 2 aromatic rings. The Bertz CT molecular complexity index is 1000. The van der Waals surface area contributed by atoms with Crippen LogP contribution >= 0.6 is 11.8 Å². The number of fused-ring (bicyclic) bond motifs is 4. The second-order valence-corrected chi connectivity index (χ2v) is 8.56. The summed E-state index contributed by atoms with van der Waals surface area (Å²) in [6, 6.07) is 8.94. The van der Waals surface area contributed by atoms with E-state index in [-0.39, 0.29) is 29.1 Å². The van der Waals surface area contributed by atoms with Crippen molar-refractivity contribution in [3.05, 3.63) is 52.4 Å². The van der Waals surface area contributed by atoms with Gasteiger partial charge in [0.15, 0.2) is 0 Å². The number of amides is 1. The zero-order valence-electron chi connectivity index (χ0n) is 16.3. The number of ether oxygens (including phenoxy) is 1. The highest BCUT2D eigenvalue weighted by Crippen LogP contribution is 2.36. The Kier molecular flexibility index (Phi) is 5.57. The number of rotatable bonds is 4. The molecule has 0 aliphatic carbocycles. The van der Waals surface area contributed by atoms with Gasteiger partial charge in [0.1, 0.15) is 5.75 Å². The summed E-state index contributed by atoms with van der Waals surface area (Å²) in [5.74, 6) is 0.601. The van der Waals surface area contributed by atoms with Crippen LogP contribution in [0.2, 0.25) is 0 Å². The molecule has 2 aliphatic heterocycles. The van der Waals surface area contributed by atoms with Gasteiger partial charge in [-0.3, -0.25) is 9.59 Å². The second kappa shape index (κ2) is 8.02. The van der Waals surface area contributed by atoms with Crippen LogP contribution < -0.4 is 10.3 Å². The first-order valence-corrected chi connectivity index (χ1v) is 11.0. The first-order chi connectivity index (χ1) is 14.2. The zero-order valence-corrected chi connectivity index (χ0v) is 17.1. The maximum atomic E-state index is 13.1. The molecular formula is C21H21F3N2O3S.